The van der Waals surface area contributed by atoms with Crippen molar-refractivity contribution in [2.75, 3.05) is 19.6 Å². The van der Waals surface area contributed by atoms with Gasteiger partial charge >= 0.3 is 0 Å². The third-order valence-corrected chi connectivity index (χ3v) is 3.82. The maximum atomic E-state index is 12.1. The minimum atomic E-state index is 0.294. The Hall–Kier alpha value is -0.610. The molecule has 0 aromatic rings. The van der Waals surface area contributed by atoms with Crippen LogP contribution in [0.3, 0.4) is 0 Å². The van der Waals surface area contributed by atoms with E-state index in [1.165, 1.54) is 0 Å². The van der Waals surface area contributed by atoms with Crippen LogP contribution in [0.5, 0.6) is 0 Å². The van der Waals surface area contributed by atoms with Gasteiger partial charge in [0.1, 0.15) is 0 Å². The summed E-state index contributed by atoms with van der Waals surface area (Å²) in [6.45, 7) is 6.91. The van der Waals surface area contributed by atoms with E-state index in [1.807, 2.05) is 4.90 Å². The monoisotopic (exact) mass is 240 g/mol. The van der Waals surface area contributed by atoms with Gasteiger partial charge in [-0.05, 0) is 33.1 Å². The summed E-state index contributed by atoms with van der Waals surface area (Å²) < 4.78 is 5.74. The van der Waals surface area contributed by atoms with E-state index in [9.17, 15) is 4.79 Å². The number of nitrogens with zero attached hydrogens (tertiary/aromatic N) is 1. The van der Waals surface area contributed by atoms with Gasteiger partial charge in [-0.15, -0.1) is 0 Å². The predicted octanol–water partition coefficient (Wildman–Crippen LogP) is 1.15. The number of hydrogen-bond donors (Lipinski definition) is 1. The molecule has 0 aliphatic carbocycles. The highest BCUT2D eigenvalue weighted by atomic mass is 16.5. The van der Waals surface area contributed by atoms with Crippen LogP contribution in [0, 0.1) is 0 Å². The first kappa shape index (κ1) is 12.8. The van der Waals surface area contributed by atoms with Crippen LogP contribution >= 0.6 is 0 Å². The lowest BCUT2D eigenvalue weighted by molar-refractivity contribution is -0.134. The second kappa shape index (κ2) is 5.83. The van der Waals surface area contributed by atoms with E-state index in [1.54, 1.807) is 0 Å². The lowest BCUT2D eigenvalue weighted by Gasteiger charge is -2.34. The van der Waals surface area contributed by atoms with Crippen LogP contribution in [-0.2, 0) is 9.53 Å². The van der Waals surface area contributed by atoms with Crippen molar-refractivity contribution in [2.45, 2.75) is 57.8 Å². The fraction of sp³-hybridized carbons (Fsp3) is 0.923. The molecule has 1 N–H and O–H groups in total. The SMILES string of the molecule is C[C@@H]1CC[C@@H](CCC(=O)N2CCNC[C@@H]2C)O1. The van der Waals surface area contributed by atoms with Gasteiger partial charge in [0.25, 0.3) is 0 Å². The quantitative estimate of drug-likeness (QED) is 0.804. The molecule has 4 nitrogen and oxygen atoms in total. The fourth-order valence-electron chi connectivity index (χ4n) is 2.74. The van der Waals surface area contributed by atoms with Crippen LogP contribution in [0.25, 0.3) is 0 Å². The largest absolute Gasteiger partial charge is 0.375 e. The summed E-state index contributed by atoms with van der Waals surface area (Å²) in [5, 5.41) is 3.30. The third kappa shape index (κ3) is 3.42. The first-order valence-electron chi connectivity index (χ1n) is 6.82. The molecule has 2 rings (SSSR count). The van der Waals surface area contributed by atoms with Crippen LogP contribution in [-0.4, -0.2) is 48.7 Å². The van der Waals surface area contributed by atoms with Gasteiger partial charge in [-0.1, -0.05) is 0 Å². The minimum Gasteiger partial charge on any atom is -0.375 e. The number of rotatable bonds is 3. The van der Waals surface area contributed by atoms with E-state index in [4.69, 9.17) is 4.74 Å². The molecule has 0 saturated carbocycles. The third-order valence-electron chi connectivity index (χ3n) is 3.82. The molecule has 98 valence electrons. The summed E-state index contributed by atoms with van der Waals surface area (Å²) in [5.74, 6) is 0.294. The molecule has 2 aliphatic rings. The zero-order valence-electron chi connectivity index (χ0n) is 10.9. The molecular formula is C13H24N2O2. The Bertz CT molecular complexity index is 270. The molecule has 1 amide bonds. The number of hydrogen-bond acceptors (Lipinski definition) is 3. The van der Waals surface area contributed by atoms with Gasteiger partial charge in [0.2, 0.25) is 5.91 Å². The van der Waals surface area contributed by atoms with E-state index in [0.717, 1.165) is 38.9 Å². The van der Waals surface area contributed by atoms with Crippen LogP contribution in [0.1, 0.15) is 39.5 Å². The zero-order chi connectivity index (χ0) is 12.3. The highest BCUT2D eigenvalue weighted by molar-refractivity contribution is 5.76. The van der Waals surface area contributed by atoms with Crippen molar-refractivity contribution in [2.24, 2.45) is 0 Å². The molecule has 4 heteroatoms. The lowest BCUT2D eigenvalue weighted by Crippen LogP contribution is -2.52. The lowest BCUT2D eigenvalue weighted by atomic mass is 10.1. The van der Waals surface area contributed by atoms with Gasteiger partial charge in [-0.3, -0.25) is 4.79 Å². The Morgan fingerprint density at radius 3 is 2.88 bits per heavy atom. The second-order valence-corrected chi connectivity index (χ2v) is 5.33. The number of carbonyl (C=O) groups is 1. The van der Waals surface area contributed by atoms with E-state index < -0.39 is 0 Å². The van der Waals surface area contributed by atoms with Gasteiger partial charge in [0.05, 0.1) is 12.2 Å². The number of nitrogens with one attached hydrogen (secondary N) is 1. The molecule has 0 aromatic heterocycles. The molecule has 0 radical (unpaired) electrons. The van der Waals surface area contributed by atoms with E-state index >= 15 is 0 Å². The average Bonchev–Trinajstić information content (AvgIpc) is 2.73. The van der Waals surface area contributed by atoms with Crippen molar-refractivity contribution in [1.29, 1.82) is 0 Å². The molecular weight excluding hydrogens is 216 g/mol. The Morgan fingerprint density at radius 1 is 1.41 bits per heavy atom. The normalized spacial score (nSPS) is 34.0. The molecule has 3 atom stereocenters. The Balaban J connectivity index is 1.73. The molecule has 2 heterocycles. The van der Waals surface area contributed by atoms with Crippen molar-refractivity contribution in [3.8, 4) is 0 Å². The zero-order valence-corrected chi connectivity index (χ0v) is 10.9. The molecule has 2 saturated heterocycles. The van der Waals surface area contributed by atoms with E-state index in [-0.39, 0.29) is 0 Å². The maximum absolute atomic E-state index is 12.1. The summed E-state index contributed by atoms with van der Waals surface area (Å²) in [6, 6.07) is 0.333. The van der Waals surface area contributed by atoms with Crippen molar-refractivity contribution in [1.82, 2.24) is 10.2 Å². The molecule has 2 aliphatic heterocycles. The molecule has 0 spiro atoms. The summed E-state index contributed by atoms with van der Waals surface area (Å²) in [7, 11) is 0. The van der Waals surface area contributed by atoms with E-state index in [2.05, 4.69) is 19.2 Å². The number of amides is 1. The molecule has 17 heavy (non-hydrogen) atoms. The second-order valence-electron chi connectivity index (χ2n) is 5.33. The summed E-state index contributed by atoms with van der Waals surface area (Å²) in [6.07, 6.45) is 4.48. The van der Waals surface area contributed by atoms with Gasteiger partial charge < -0.3 is 15.0 Å². The number of piperazine rings is 1. The smallest absolute Gasteiger partial charge is 0.222 e. The standard InChI is InChI=1S/C13H24N2O2/c1-10-9-14-7-8-15(10)13(16)6-5-12-4-3-11(2)17-12/h10-12,14H,3-9H2,1-2H3/t10-,11+,12-/m0/s1. The van der Waals surface area contributed by atoms with Crippen molar-refractivity contribution < 1.29 is 9.53 Å². The van der Waals surface area contributed by atoms with Crippen LogP contribution in [0.4, 0.5) is 0 Å². The van der Waals surface area contributed by atoms with Gasteiger partial charge in [0.15, 0.2) is 0 Å². The molecule has 0 bridgehead atoms. The minimum absolute atomic E-state index is 0.294. The summed E-state index contributed by atoms with van der Waals surface area (Å²) >= 11 is 0. The van der Waals surface area contributed by atoms with Gasteiger partial charge in [-0.25, -0.2) is 0 Å². The molecule has 0 aromatic carbocycles. The highest BCUT2D eigenvalue weighted by Crippen LogP contribution is 2.23. The molecule has 0 unspecified atom stereocenters. The number of carbonyl (C=O) groups excluding carboxylic acids is 1. The Morgan fingerprint density at radius 2 is 2.24 bits per heavy atom. The van der Waals surface area contributed by atoms with Crippen LogP contribution in [0.15, 0.2) is 0 Å². The number of ether oxygens (including phenoxy) is 1. The highest BCUT2D eigenvalue weighted by Gasteiger charge is 2.26. The van der Waals surface area contributed by atoms with Gasteiger partial charge in [-0.2, -0.15) is 0 Å². The fourth-order valence-corrected chi connectivity index (χ4v) is 2.74. The maximum Gasteiger partial charge on any atom is 0.222 e. The van der Waals surface area contributed by atoms with E-state index in [0.29, 0.717) is 30.6 Å². The van der Waals surface area contributed by atoms with Crippen LogP contribution in [0.2, 0.25) is 0 Å². The van der Waals surface area contributed by atoms with Crippen molar-refractivity contribution >= 4 is 5.91 Å². The first-order valence-corrected chi connectivity index (χ1v) is 6.82. The predicted molar refractivity (Wildman–Crippen MR) is 66.8 cm³/mol. The van der Waals surface area contributed by atoms with Crippen LogP contribution < -0.4 is 5.32 Å². The average molecular weight is 240 g/mol. The van der Waals surface area contributed by atoms with Crippen molar-refractivity contribution in [3.63, 3.8) is 0 Å². The molecule has 2 fully saturated rings. The summed E-state index contributed by atoms with van der Waals surface area (Å²) in [4.78, 5) is 14.1. The summed E-state index contributed by atoms with van der Waals surface area (Å²) in [5.41, 5.74) is 0. The Kier molecular flexibility index (Phi) is 4.40. The Labute approximate surface area is 104 Å². The van der Waals surface area contributed by atoms with Gasteiger partial charge in [0, 0.05) is 32.1 Å². The topological polar surface area (TPSA) is 41.6 Å². The first-order chi connectivity index (χ1) is 8.16. The van der Waals surface area contributed by atoms with Crippen molar-refractivity contribution in [3.05, 3.63) is 0 Å².